The molecule has 0 radical (unpaired) electrons. The molecule has 0 atom stereocenters. The molecule has 0 aromatic rings. The first-order valence-electron chi connectivity index (χ1n) is 8.59. The fourth-order valence-corrected chi connectivity index (χ4v) is 2.15. The SMILES string of the molecule is CCOCCN(CCNCCN(CC)CC)CCOCC. The fourth-order valence-electron chi connectivity index (χ4n) is 2.15. The van der Waals surface area contributed by atoms with Crippen LogP contribution in [0.15, 0.2) is 0 Å². The summed E-state index contributed by atoms with van der Waals surface area (Å²) < 4.78 is 10.9. The summed E-state index contributed by atoms with van der Waals surface area (Å²) in [7, 11) is 0. The van der Waals surface area contributed by atoms with Crippen molar-refractivity contribution in [2.45, 2.75) is 27.7 Å². The summed E-state index contributed by atoms with van der Waals surface area (Å²) in [5, 5.41) is 3.53. The molecule has 21 heavy (non-hydrogen) atoms. The van der Waals surface area contributed by atoms with Crippen molar-refractivity contribution < 1.29 is 9.47 Å². The highest BCUT2D eigenvalue weighted by molar-refractivity contribution is 4.61. The van der Waals surface area contributed by atoms with Crippen LogP contribution in [0.2, 0.25) is 0 Å². The second kappa shape index (κ2) is 16.2. The summed E-state index contributed by atoms with van der Waals surface area (Å²) in [6.07, 6.45) is 0. The zero-order valence-electron chi connectivity index (χ0n) is 14.7. The van der Waals surface area contributed by atoms with E-state index in [2.05, 4.69) is 29.0 Å². The van der Waals surface area contributed by atoms with Gasteiger partial charge in [-0.15, -0.1) is 0 Å². The van der Waals surface area contributed by atoms with Crippen molar-refractivity contribution in [2.24, 2.45) is 0 Å². The number of hydrogen-bond acceptors (Lipinski definition) is 5. The number of likely N-dealkylation sites (N-methyl/N-ethyl adjacent to an activating group) is 1. The molecule has 128 valence electrons. The van der Waals surface area contributed by atoms with Gasteiger partial charge in [-0.05, 0) is 26.9 Å². The monoisotopic (exact) mass is 303 g/mol. The third kappa shape index (κ3) is 13.2. The quantitative estimate of drug-likeness (QED) is 0.435. The van der Waals surface area contributed by atoms with Crippen molar-refractivity contribution in [1.29, 1.82) is 0 Å². The van der Waals surface area contributed by atoms with Gasteiger partial charge in [0.2, 0.25) is 0 Å². The molecule has 0 bridgehead atoms. The first-order valence-corrected chi connectivity index (χ1v) is 8.59. The lowest BCUT2D eigenvalue weighted by Crippen LogP contribution is -2.39. The van der Waals surface area contributed by atoms with Gasteiger partial charge in [-0.1, -0.05) is 13.8 Å². The van der Waals surface area contributed by atoms with Crippen molar-refractivity contribution in [2.75, 3.05) is 78.8 Å². The third-order valence-corrected chi connectivity index (χ3v) is 3.62. The van der Waals surface area contributed by atoms with E-state index in [0.717, 1.165) is 78.8 Å². The molecular weight excluding hydrogens is 266 g/mol. The predicted molar refractivity (Wildman–Crippen MR) is 90.1 cm³/mol. The molecule has 0 amide bonds. The van der Waals surface area contributed by atoms with Crippen molar-refractivity contribution in [3.63, 3.8) is 0 Å². The molecule has 5 heteroatoms. The summed E-state index contributed by atoms with van der Waals surface area (Å²) in [5.41, 5.74) is 0. The average molecular weight is 303 g/mol. The Kier molecular flexibility index (Phi) is 16.0. The highest BCUT2D eigenvalue weighted by Gasteiger charge is 2.04. The fraction of sp³-hybridized carbons (Fsp3) is 1.00. The van der Waals surface area contributed by atoms with E-state index in [1.807, 2.05) is 13.8 Å². The molecule has 0 aliphatic carbocycles. The van der Waals surface area contributed by atoms with E-state index in [9.17, 15) is 0 Å². The molecule has 0 aliphatic rings. The van der Waals surface area contributed by atoms with Crippen LogP contribution in [0.4, 0.5) is 0 Å². The highest BCUT2D eigenvalue weighted by Crippen LogP contribution is 1.90. The van der Waals surface area contributed by atoms with Gasteiger partial charge in [-0.3, -0.25) is 4.90 Å². The summed E-state index contributed by atoms with van der Waals surface area (Å²) >= 11 is 0. The Morgan fingerprint density at radius 2 is 1.14 bits per heavy atom. The molecule has 0 unspecified atom stereocenters. The minimum Gasteiger partial charge on any atom is -0.380 e. The van der Waals surface area contributed by atoms with E-state index in [1.54, 1.807) is 0 Å². The number of rotatable bonds is 16. The number of hydrogen-bond donors (Lipinski definition) is 1. The molecule has 0 aromatic carbocycles. The van der Waals surface area contributed by atoms with Gasteiger partial charge in [0.25, 0.3) is 0 Å². The Morgan fingerprint density at radius 1 is 0.667 bits per heavy atom. The molecule has 0 aliphatic heterocycles. The molecule has 0 fully saturated rings. The van der Waals surface area contributed by atoms with Gasteiger partial charge in [-0.2, -0.15) is 0 Å². The van der Waals surface area contributed by atoms with Crippen LogP contribution < -0.4 is 5.32 Å². The Morgan fingerprint density at radius 3 is 1.57 bits per heavy atom. The van der Waals surface area contributed by atoms with E-state index in [1.165, 1.54) is 0 Å². The van der Waals surface area contributed by atoms with Gasteiger partial charge in [0, 0.05) is 52.5 Å². The normalized spacial score (nSPS) is 11.7. The van der Waals surface area contributed by atoms with Crippen LogP contribution in [-0.2, 0) is 9.47 Å². The van der Waals surface area contributed by atoms with Crippen LogP contribution in [0.5, 0.6) is 0 Å². The Hall–Kier alpha value is -0.200. The summed E-state index contributed by atoms with van der Waals surface area (Å²) in [6, 6.07) is 0. The van der Waals surface area contributed by atoms with Crippen LogP contribution in [0.3, 0.4) is 0 Å². The lowest BCUT2D eigenvalue weighted by molar-refractivity contribution is 0.0831. The van der Waals surface area contributed by atoms with Crippen molar-refractivity contribution >= 4 is 0 Å². The van der Waals surface area contributed by atoms with Crippen LogP contribution in [0.1, 0.15) is 27.7 Å². The largest absolute Gasteiger partial charge is 0.380 e. The lowest BCUT2D eigenvalue weighted by Gasteiger charge is -2.23. The van der Waals surface area contributed by atoms with Gasteiger partial charge in [0.15, 0.2) is 0 Å². The first-order chi connectivity index (χ1) is 10.3. The summed E-state index contributed by atoms with van der Waals surface area (Å²) in [4.78, 5) is 4.85. The van der Waals surface area contributed by atoms with Crippen LogP contribution in [0, 0.1) is 0 Å². The maximum Gasteiger partial charge on any atom is 0.0593 e. The van der Waals surface area contributed by atoms with Crippen molar-refractivity contribution in [3.8, 4) is 0 Å². The Bertz CT molecular complexity index is 192. The zero-order valence-corrected chi connectivity index (χ0v) is 14.7. The van der Waals surface area contributed by atoms with E-state index in [4.69, 9.17) is 9.47 Å². The Balaban J connectivity index is 3.72. The van der Waals surface area contributed by atoms with Crippen LogP contribution in [-0.4, -0.2) is 88.6 Å². The first kappa shape index (κ1) is 20.8. The van der Waals surface area contributed by atoms with Gasteiger partial charge >= 0.3 is 0 Å². The van der Waals surface area contributed by atoms with Crippen LogP contribution >= 0.6 is 0 Å². The van der Waals surface area contributed by atoms with Crippen molar-refractivity contribution in [3.05, 3.63) is 0 Å². The maximum absolute atomic E-state index is 5.45. The minimum absolute atomic E-state index is 0.793. The topological polar surface area (TPSA) is 37.0 Å². The number of nitrogens with zero attached hydrogens (tertiary/aromatic N) is 2. The minimum atomic E-state index is 0.793. The standard InChI is InChI=1S/C16H37N3O2/c1-5-18(6-2)11-9-17-10-12-19(13-15-20-7-3)14-16-21-8-4/h17H,5-16H2,1-4H3. The summed E-state index contributed by atoms with van der Waals surface area (Å²) in [5.74, 6) is 0. The molecule has 0 spiro atoms. The molecule has 1 N–H and O–H groups in total. The van der Waals surface area contributed by atoms with E-state index < -0.39 is 0 Å². The second-order valence-electron chi connectivity index (χ2n) is 5.01. The molecule has 0 heterocycles. The third-order valence-electron chi connectivity index (χ3n) is 3.62. The van der Waals surface area contributed by atoms with E-state index in [-0.39, 0.29) is 0 Å². The molecule has 0 saturated heterocycles. The van der Waals surface area contributed by atoms with E-state index in [0.29, 0.717) is 0 Å². The highest BCUT2D eigenvalue weighted by atomic mass is 16.5. The molecule has 0 aromatic heterocycles. The summed E-state index contributed by atoms with van der Waals surface area (Å²) in [6.45, 7) is 20.2. The van der Waals surface area contributed by atoms with Gasteiger partial charge in [0.05, 0.1) is 13.2 Å². The van der Waals surface area contributed by atoms with Crippen molar-refractivity contribution in [1.82, 2.24) is 15.1 Å². The van der Waals surface area contributed by atoms with Gasteiger partial charge in [-0.25, -0.2) is 0 Å². The predicted octanol–water partition coefficient (Wildman–Crippen LogP) is 1.29. The molecule has 0 saturated carbocycles. The number of nitrogens with one attached hydrogen (secondary N) is 1. The number of ether oxygens (including phenoxy) is 2. The van der Waals surface area contributed by atoms with Gasteiger partial charge in [0.1, 0.15) is 0 Å². The second-order valence-corrected chi connectivity index (χ2v) is 5.01. The zero-order chi connectivity index (χ0) is 15.8. The molecule has 5 nitrogen and oxygen atoms in total. The molecular formula is C16H37N3O2. The molecule has 0 rings (SSSR count). The Labute approximate surface area is 132 Å². The smallest absolute Gasteiger partial charge is 0.0593 e. The average Bonchev–Trinajstić information content (AvgIpc) is 2.50. The van der Waals surface area contributed by atoms with E-state index >= 15 is 0 Å². The lowest BCUT2D eigenvalue weighted by atomic mass is 10.4. The maximum atomic E-state index is 5.45. The van der Waals surface area contributed by atoms with Gasteiger partial charge < -0.3 is 19.7 Å². The van der Waals surface area contributed by atoms with Crippen LogP contribution in [0.25, 0.3) is 0 Å².